The Labute approximate surface area is 124 Å². The molecule has 0 aliphatic rings. The smallest absolute Gasteiger partial charge is 0.127 e. The maximum absolute atomic E-state index is 6.30. The fraction of sp³-hybridized carbons (Fsp3) is 0.533. The largest absolute Gasteiger partial charge is 0.324 e. The number of hydrogen-bond donors (Lipinski definition) is 0. The maximum Gasteiger partial charge on any atom is 0.127 e. The molecule has 0 radical (unpaired) electrons. The predicted octanol–water partition coefficient (Wildman–Crippen LogP) is 5.74. The first-order valence-corrected chi connectivity index (χ1v) is 7.71. The van der Waals surface area contributed by atoms with Gasteiger partial charge in [0.25, 0.3) is 0 Å². The molecule has 2 rings (SSSR count). The Morgan fingerprint density at radius 1 is 1.32 bits per heavy atom. The van der Waals surface area contributed by atoms with Crippen molar-refractivity contribution in [2.45, 2.75) is 51.5 Å². The molecule has 0 bridgehead atoms. The standard InChI is InChI=1S/C15H20Cl2N2/c1-4-6-12(5-2)19-14-8-7-11(17)9-13(14)18-15(19)10(3)16/h7-10,12H,4-6H2,1-3H3. The van der Waals surface area contributed by atoms with Crippen LogP contribution in [-0.2, 0) is 0 Å². The van der Waals surface area contributed by atoms with E-state index in [2.05, 4.69) is 23.4 Å². The van der Waals surface area contributed by atoms with E-state index in [0.717, 1.165) is 41.1 Å². The molecular weight excluding hydrogens is 279 g/mol. The Hall–Kier alpha value is -0.730. The lowest BCUT2D eigenvalue weighted by Crippen LogP contribution is -2.12. The Balaban J connectivity index is 2.63. The van der Waals surface area contributed by atoms with Crippen LogP contribution in [0, 0.1) is 0 Å². The third-order valence-corrected chi connectivity index (χ3v) is 3.92. The van der Waals surface area contributed by atoms with Crippen molar-refractivity contribution in [3.05, 3.63) is 29.0 Å². The van der Waals surface area contributed by atoms with E-state index in [1.54, 1.807) is 0 Å². The SMILES string of the molecule is CCCC(CC)n1c(C(C)Cl)nc2cc(Cl)ccc21. The van der Waals surface area contributed by atoms with Crippen molar-refractivity contribution in [3.8, 4) is 0 Å². The summed E-state index contributed by atoms with van der Waals surface area (Å²) in [4.78, 5) is 4.67. The van der Waals surface area contributed by atoms with Gasteiger partial charge >= 0.3 is 0 Å². The van der Waals surface area contributed by atoms with Crippen LogP contribution >= 0.6 is 23.2 Å². The quantitative estimate of drug-likeness (QED) is 0.644. The lowest BCUT2D eigenvalue weighted by atomic mass is 10.1. The number of rotatable bonds is 5. The second-order valence-electron chi connectivity index (χ2n) is 4.94. The molecule has 2 nitrogen and oxygen atoms in total. The van der Waals surface area contributed by atoms with E-state index >= 15 is 0 Å². The van der Waals surface area contributed by atoms with Gasteiger partial charge in [0.15, 0.2) is 0 Å². The van der Waals surface area contributed by atoms with E-state index in [9.17, 15) is 0 Å². The Morgan fingerprint density at radius 3 is 2.63 bits per heavy atom. The first kappa shape index (κ1) is 14.7. The summed E-state index contributed by atoms with van der Waals surface area (Å²) in [5.41, 5.74) is 2.07. The highest BCUT2D eigenvalue weighted by molar-refractivity contribution is 6.31. The highest BCUT2D eigenvalue weighted by atomic mass is 35.5. The summed E-state index contributed by atoms with van der Waals surface area (Å²) in [5.74, 6) is 0.944. The fourth-order valence-electron chi connectivity index (χ4n) is 2.60. The number of nitrogens with zero attached hydrogens (tertiary/aromatic N) is 2. The summed E-state index contributed by atoms with van der Waals surface area (Å²) < 4.78 is 2.30. The van der Waals surface area contributed by atoms with Crippen LogP contribution in [0.4, 0.5) is 0 Å². The molecule has 2 unspecified atom stereocenters. The average Bonchev–Trinajstić information content (AvgIpc) is 2.74. The molecular formula is C15H20Cl2N2. The van der Waals surface area contributed by atoms with Crippen LogP contribution in [0.2, 0.25) is 5.02 Å². The zero-order valence-corrected chi connectivity index (χ0v) is 13.2. The van der Waals surface area contributed by atoms with Crippen LogP contribution in [0.15, 0.2) is 18.2 Å². The van der Waals surface area contributed by atoms with Gasteiger partial charge in [-0.1, -0.05) is 31.9 Å². The molecule has 2 aromatic rings. The second-order valence-corrected chi connectivity index (χ2v) is 6.03. The summed E-state index contributed by atoms with van der Waals surface area (Å²) in [7, 11) is 0. The number of benzene rings is 1. The molecule has 1 aromatic carbocycles. The van der Waals surface area contributed by atoms with Gasteiger partial charge in [-0.05, 0) is 38.0 Å². The molecule has 2 atom stereocenters. The van der Waals surface area contributed by atoms with Crippen LogP contribution in [0.25, 0.3) is 11.0 Å². The molecule has 1 heterocycles. The van der Waals surface area contributed by atoms with Gasteiger partial charge in [0.1, 0.15) is 5.82 Å². The molecule has 1 aromatic heterocycles. The summed E-state index contributed by atoms with van der Waals surface area (Å²) in [5, 5.41) is 0.617. The lowest BCUT2D eigenvalue weighted by molar-refractivity contribution is 0.444. The molecule has 0 aliphatic carbocycles. The maximum atomic E-state index is 6.30. The highest BCUT2D eigenvalue weighted by Crippen LogP contribution is 2.32. The lowest BCUT2D eigenvalue weighted by Gasteiger charge is -2.20. The summed E-state index contributed by atoms with van der Waals surface area (Å²) in [6.07, 6.45) is 3.38. The molecule has 0 saturated heterocycles. The van der Waals surface area contributed by atoms with Gasteiger partial charge in [-0.15, -0.1) is 11.6 Å². The topological polar surface area (TPSA) is 17.8 Å². The predicted molar refractivity (Wildman–Crippen MR) is 83.2 cm³/mol. The minimum absolute atomic E-state index is 0.0999. The van der Waals surface area contributed by atoms with Gasteiger partial charge in [0.05, 0.1) is 16.4 Å². The van der Waals surface area contributed by atoms with E-state index in [-0.39, 0.29) is 5.38 Å². The van der Waals surface area contributed by atoms with Crippen molar-refractivity contribution in [1.82, 2.24) is 9.55 Å². The molecule has 0 aliphatic heterocycles. The van der Waals surface area contributed by atoms with Crippen molar-refractivity contribution < 1.29 is 0 Å². The normalized spacial score (nSPS) is 14.8. The molecule has 0 amide bonds. The van der Waals surface area contributed by atoms with E-state index in [4.69, 9.17) is 23.2 Å². The second kappa shape index (κ2) is 6.15. The van der Waals surface area contributed by atoms with Gasteiger partial charge in [-0.3, -0.25) is 0 Å². The van der Waals surface area contributed by atoms with Crippen molar-refractivity contribution in [2.24, 2.45) is 0 Å². The molecule has 0 fully saturated rings. The fourth-order valence-corrected chi connectivity index (χ4v) is 2.92. The van der Waals surface area contributed by atoms with Gasteiger partial charge in [-0.2, -0.15) is 0 Å². The minimum atomic E-state index is -0.0999. The molecule has 0 saturated carbocycles. The summed E-state index contributed by atoms with van der Waals surface area (Å²) in [6.45, 7) is 6.40. The molecule has 104 valence electrons. The first-order chi connectivity index (χ1) is 9.08. The minimum Gasteiger partial charge on any atom is -0.324 e. The van der Waals surface area contributed by atoms with Crippen LogP contribution in [0.1, 0.15) is 57.3 Å². The molecule has 0 spiro atoms. The van der Waals surface area contributed by atoms with Gasteiger partial charge in [0.2, 0.25) is 0 Å². The summed E-state index contributed by atoms with van der Waals surface area (Å²) >= 11 is 12.4. The third kappa shape index (κ3) is 2.90. The van der Waals surface area contributed by atoms with E-state index in [0.29, 0.717) is 6.04 Å². The number of imidazole rings is 1. The van der Waals surface area contributed by atoms with Crippen molar-refractivity contribution in [2.75, 3.05) is 0 Å². The van der Waals surface area contributed by atoms with Crippen molar-refractivity contribution >= 4 is 34.2 Å². The van der Waals surface area contributed by atoms with E-state index in [1.165, 1.54) is 0 Å². The van der Waals surface area contributed by atoms with E-state index in [1.807, 2.05) is 25.1 Å². The average molecular weight is 299 g/mol. The molecule has 0 N–H and O–H groups in total. The van der Waals surface area contributed by atoms with Crippen molar-refractivity contribution in [3.63, 3.8) is 0 Å². The number of hydrogen-bond acceptors (Lipinski definition) is 1. The number of alkyl halides is 1. The number of aromatic nitrogens is 2. The number of halogens is 2. The van der Waals surface area contributed by atoms with Crippen LogP contribution in [-0.4, -0.2) is 9.55 Å². The van der Waals surface area contributed by atoms with Crippen LogP contribution < -0.4 is 0 Å². The van der Waals surface area contributed by atoms with Gasteiger partial charge in [-0.25, -0.2) is 4.98 Å². The van der Waals surface area contributed by atoms with Gasteiger partial charge in [0, 0.05) is 11.1 Å². The van der Waals surface area contributed by atoms with E-state index < -0.39 is 0 Å². The Morgan fingerprint density at radius 2 is 2.05 bits per heavy atom. The highest BCUT2D eigenvalue weighted by Gasteiger charge is 2.20. The first-order valence-electron chi connectivity index (χ1n) is 6.89. The van der Waals surface area contributed by atoms with Gasteiger partial charge < -0.3 is 4.57 Å². The Bertz CT molecular complexity index is 561. The monoisotopic (exact) mass is 298 g/mol. The zero-order valence-electron chi connectivity index (χ0n) is 11.7. The number of fused-ring (bicyclic) bond motifs is 1. The molecule has 4 heteroatoms. The van der Waals surface area contributed by atoms with Crippen LogP contribution in [0.3, 0.4) is 0 Å². The third-order valence-electron chi connectivity index (χ3n) is 3.49. The molecule has 19 heavy (non-hydrogen) atoms. The Kier molecular flexibility index (Phi) is 4.75. The van der Waals surface area contributed by atoms with Crippen LogP contribution in [0.5, 0.6) is 0 Å². The zero-order chi connectivity index (χ0) is 14.0. The van der Waals surface area contributed by atoms with Crippen molar-refractivity contribution in [1.29, 1.82) is 0 Å². The summed E-state index contributed by atoms with van der Waals surface area (Å²) in [6, 6.07) is 6.33.